The number of rotatable bonds is 8. The smallest absolute Gasteiger partial charge is 0.432 e. The lowest BCUT2D eigenvalue weighted by Gasteiger charge is -2.17. The third-order valence-corrected chi connectivity index (χ3v) is 3.83. The maximum atomic E-state index is 12.5. The van der Waals surface area contributed by atoms with Crippen molar-refractivity contribution in [3.63, 3.8) is 0 Å². The molecule has 0 spiro atoms. The van der Waals surface area contributed by atoms with Gasteiger partial charge in [-0.05, 0) is 24.1 Å². The van der Waals surface area contributed by atoms with Gasteiger partial charge in [-0.1, -0.05) is 12.1 Å². The lowest BCUT2D eigenvalue weighted by Crippen LogP contribution is -2.46. The Balaban J connectivity index is 1.85. The Morgan fingerprint density at radius 3 is 2.64 bits per heavy atom. The zero-order valence-electron chi connectivity index (χ0n) is 14.8. The molecule has 1 heterocycles. The first-order valence-electron chi connectivity index (χ1n) is 8.36. The molecule has 1 fully saturated rings. The number of hydrogen-bond donors (Lipinski definition) is 4. The van der Waals surface area contributed by atoms with Gasteiger partial charge in [-0.15, -0.1) is 5.11 Å². The van der Waals surface area contributed by atoms with E-state index in [-0.39, 0.29) is 25.4 Å². The number of carbonyl (C=O) groups excluding carboxylic acids is 3. The number of anilines is 1. The van der Waals surface area contributed by atoms with E-state index in [0.717, 1.165) is 5.56 Å². The fourth-order valence-electron chi connectivity index (χ4n) is 2.52. The third kappa shape index (κ3) is 6.23. The normalized spacial score (nSPS) is 16.2. The van der Waals surface area contributed by atoms with Crippen LogP contribution in [-0.4, -0.2) is 48.2 Å². The predicted molar refractivity (Wildman–Crippen MR) is 95.2 cm³/mol. The zero-order chi connectivity index (χ0) is 20.5. The van der Waals surface area contributed by atoms with Crippen LogP contribution < -0.4 is 21.3 Å². The number of carboxylic acids is 1. The molecule has 1 aliphatic heterocycles. The van der Waals surface area contributed by atoms with Crippen molar-refractivity contribution in [2.24, 2.45) is 16.1 Å². The van der Waals surface area contributed by atoms with Crippen molar-refractivity contribution in [2.45, 2.75) is 25.4 Å². The van der Waals surface area contributed by atoms with Crippen molar-refractivity contribution in [3.8, 4) is 0 Å². The molecule has 12 nitrogen and oxygen atoms in total. The van der Waals surface area contributed by atoms with Crippen LogP contribution in [0, 0.1) is 0 Å². The highest BCUT2D eigenvalue weighted by Crippen LogP contribution is 2.22. The third-order valence-electron chi connectivity index (χ3n) is 3.83. The molecule has 28 heavy (non-hydrogen) atoms. The Bertz CT molecular complexity index is 765. The van der Waals surface area contributed by atoms with Crippen LogP contribution in [-0.2, 0) is 21.0 Å². The molecule has 0 aliphatic carbocycles. The molecule has 1 atom stereocenters. The highest BCUT2D eigenvalue weighted by atomic mass is 16.7. The molecule has 4 amide bonds. The van der Waals surface area contributed by atoms with Gasteiger partial charge < -0.3 is 26.4 Å². The van der Waals surface area contributed by atoms with E-state index in [4.69, 9.17) is 10.8 Å². The van der Waals surface area contributed by atoms with E-state index in [9.17, 15) is 19.2 Å². The highest BCUT2D eigenvalue weighted by molar-refractivity contribution is 6.01. The summed E-state index contributed by atoms with van der Waals surface area (Å²) in [6.45, 7) is 0.585. The Hall–Kier alpha value is -3.70. The average molecular weight is 392 g/mol. The van der Waals surface area contributed by atoms with Crippen LogP contribution in [0.4, 0.5) is 15.3 Å². The maximum absolute atomic E-state index is 12.5. The number of hydrogen-bond acceptors (Lipinski definition) is 7. The summed E-state index contributed by atoms with van der Waals surface area (Å²) < 4.78 is 0. The molecule has 0 unspecified atom stereocenters. The van der Waals surface area contributed by atoms with Gasteiger partial charge in [0.15, 0.2) is 0 Å². The monoisotopic (exact) mass is 392 g/mol. The van der Waals surface area contributed by atoms with E-state index in [2.05, 4.69) is 25.9 Å². The van der Waals surface area contributed by atoms with Gasteiger partial charge in [0.25, 0.3) is 0 Å². The first-order chi connectivity index (χ1) is 13.4. The molecule has 12 heteroatoms. The van der Waals surface area contributed by atoms with Gasteiger partial charge in [0.2, 0.25) is 5.91 Å². The molecule has 150 valence electrons. The average Bonchev–Trinajstić information content (AvgIpc) is 2.99. The summed E-state index contributed by atoms with van der Waals surface area (Å²) in [4.78, 5) is 50.7. The quantitative estimate of drug-likeness (QED) is 0.370. The predicted octanol–water partition coefficient (Wildman–Crippen LogP) is 0.528. The van der Waals surface area contributed by atoms with E-state index in [0.29, 0.717) is 18.7 Å². The van der Waals surface area contributed by atoms with Gasteiger partial charge in [-0.3, -0.25) is 14.4 Å². The van der Waals surface area contributed by atoms with E-state index in [1.165, 1.54) is 0 Å². The molecule has 0 radical (unpaired) electrons. The lowest BCUT2D eigenvalue weighted by molar-refractivity contribution is -0.136. The Morgan fingerprint density at radius 1 is 1.29 bits per heavy atom. The zero-order valence-corrected chi connectivity index (χ0v) is 14.8. The van der Waals surface area contributed by atoms with Gasteiger partial charge in [0.05, 0.1) is 13.0 Å². The number of primary amides is 1. The van der Waals surface area contributed by atoms with Gasteiger partial charge in [-0.2, -0.15) is 0 Å². The Morgan fingerprint density at radius 2 is 2.00 bits per heavy atom. The van der Waals surface area contributed by atoms with Crippen molar-refractivity contribution in [3.05, 3.63) is 29.8 Å². The second-order valence-corrected chi connectivity index (χ2v) is 5.83. The largest absolute Gasteiger partial charge is 0.481 e. The minimum absolute atomic E-state index is 0.0188. The summed E-state index contributed by atoms with van der Waals surface area (Å²) >= 11 is 0. The fourth-order valence-corrected chi connectivity index (χ4v) is 2.52. The van der Waals surface area contributed by atoms with E-state index in [1.807, 2.05) is 0 Å². The summed E-state index contributed by atoms with van der Waals surface area (Å²) in [6, 6.07) is 5.68. The fraction of sp³-hybridized carbons (Fsp3) is 0.375. The number of aliphatic carboxylic acids is 1. The summed E-state index contributed by atoms with van der Waals surface area (Å²) in [6.07, 6.45) is -0.810. The van der Waals surface area contributed by atoms with Gasteiger partial charge >= 0.3 is 18.1 Å². The van der Waals surface area contributed by atoms with Crippen LogP contribution in [0.15, 0.2) is 34.7 Å². The molecular formula is C16H20N6O6. The summed E-state index contributed by atoms with van der Waals surface area (Å²) in [7, 11) is 0. The maximum Gasteiger partial charge on any atom is 0.432 e. The first kappa shape index (κ1) is 20.6. The number of amides is 4. The number of benzene rings is 1. The number of nitrogens with two attached hydrogens (primary N) is 1. The topological polar surface area (TPSA) is 176 Å². The highest BCUT2D eigenvalue weighted by Gasteiger charge is 2.33. The molecular weight excluding hydrogens is 372 g/mol. The number of nitrogens with one attached hydrogen (secondary N) is 2. The number of carboxylic acid groups (broad SMARTS) is 1. The van der Waals surface area contributed by atoms with E-state index in [1.54, 1.807) is 29.2 Å². The molecule has 0 aromatic heterocycles. The number of urea groups is 1. The van der Waals surface area contributed by atoms with Crippen LogP contribution in [0.2, 0.25) is 0 Å². The second kappa shape index (κ2) is 9.85. The molecule has 1 aliphatic rings. The standard InChI is InChI=1S/C16H20N6O6/c17-15(26)28-21-19-9-10-1-3-11(4-2-10)22-8-6-12(14(22)25)20-16(27)18-7-5-13(23)24/h1-4,12H,5-9H2,(H2,17,26)(H,23,24)(H2,18,20,27)/t12-/m0/s1. The first-order valence-corrected chi connectivity index (χ1v) is 8.36. The molecule has 1 saturated heterocycles. The number of carbonyl (C=O) groups is 4. The molecule has 0 bridgehead atoms. The summed E-state index contributed by atoms with van der Waals surface area (Å²) in [5.74, 6) is -1.27. The van der Waals surface area contributed by atoms with Crippen LogP contribution in [0.5, 0.6) is 0 Å². The van der Waals surface area contributed by atoms with Crippen molar-refractivity contribution in [2.75, 3.05) is 18.0 Å². The molecule has 1 aromatic carbocycles. The summed E-state index contributed by atoms with van der Waals surface area (Å²) in [5, 5.41) is 20.3. The SMILES string of the molecule is NC(=O)ON=NCc1ccc(N2CC[C@H](NC(=O)NCCC(=O)O)C2=O)cc1. The van der Waals surface area contributed by atoms with E-state index >= 15 is 0 Å². The minimum Gasteiger partial charge on any atom is -0.481 e. The minimum atomic E-state index is -1.05. The van der Waals surface area contributed by atoms with Crippen LogP contribution in [0.1, 0.15) is 18.4 Å². The van der Waals surface area contributed by atoms with Crippen molar-refractivity contribution < 1.29 is 29.1 Å². The Labute approximate surface area is 159 Å². The van der Waals surface area contributed by atoms with E-state index < -0.39 is 24.1 Å². The van der Waals surface area contributed by atoms with Crippen molar-refractivity contribution in [1.29, 1.82) is 0 Å². The lowest BCUT2D eigenvalue weighted by atomic mass is 10.2. The molecule has 1 aromatic rings. The molecule has 2 rings (SSSR count). The van der Waals surface area contributed by atoms with Crippen molar-refractivity contribution in [1.82, 2.24) is 10.6 Å². The van der Waals surface area contributed by atoms with Gasteiger partial charge in [0.1, 0.15) is 6.04 Å². The van der Waals surface area contributed by atoms with Crippen LogP contribution in [0.25, 0.3) is 0 Å². The Kier molecular flexibility index (Phi) is 7.25. The van der Waals surface area contributed by atoms with Crippen molar-refractivity contribution >= 4 is 29.7 Å². The van der Waals surface area contributed by atoms with Crippen LogP contribution >= 0.6 is 0 Å². The van der Waals surface area contributed by atoms with Gasteiger partial charge in [0, 0.05) is 24.1 Å². The molecule has 5 N–H and O–H groups in total. The van der Waals surface area contributed by atoms with Crippen LogP contribution in [0.3, 0.4) is 0 Å². The second-order valence-electron chi connectivity index (χ2n) is 5.83. The van der Waals surface area contributed by atoms with Gasteiger partial charge in [-0.25, -0.2) is 9.59 Å². The molecule has 0 saturated carbocycles. The number of nitrogens with zero attached hydrogens (tertiary/aromatic N) is 3. The summed E-state index contributed by atoms with van der Waals surface area (Å²) in [5.41, 5.74) is 6.18.